The summed E-state index contributed by atoms with van der Waals surface area (Å²) >= 11 is 0. The highest BCUT2D eigenvalue weighted by Gasteiger charge is 2.54. The Labute approximate surface area is 134 Å². The van der Waals surface area contributed by atoms with E-state index in [9.17, 15) is 9.59 Å². The van der Waals surface area contributed by atoms with Gasteiger partial charge >= 0.3 is 0 Å². The van der Waals surface area contributed by atoms with Crippen LogP contribution in [0.3, 0.4) is 0 Å². The van der Waals surface area contributed by atoms with Gasteiger partial charge in [-0.05, 0) is 77.0 Å². The Morgan fingerprint density at radius 3 is 1.91 bits per heavy atom. The second-order valence-corrected chi connectivity index (χ2v) is 7.90. The molecule has 1 N–H and O–H groups in total. The lowest BCUT2D eigenvalue weighted by Gasteiger charge is -2.55. The molecule has 4 bridgehead atoms. The smallest absolute Gasteiger partial charge is 0.244 e. The number of rotatable bonds is 5. The van der Waals surface area contributed by atoms with Crippen LogP contribution in [-0.4, -0.2) is 35.8 Å². The fourth-order valence-electron chi connectivity index (χ4n) is 5.61. The number of carbonyl (C=O) groups excluding carboxylic acids is 2. The maximum absolute atomic E-state index is 12.9. The molecule has 4 fully saturated rings. The fraction of sp³-hybridized carbons (Fsp3) is 0.889. The fourth-order valence-corrected chi connectivity index (χ4v) is 5.61. The van der Waals surface area contributed by atoms with Crippen LogP contribution in [0, 0.1) is 23.2 Å². The summed E-state index contributed by atoms with van der Waals surface area (Å²) in [6, 6.07) is -0.402. The van der Waals surface area contributed by atoms with E-state index in [1.165, 1.54) is 19.3 Å². The lowest BCUT2D eigenvalue weighted by molar-refractivity contribution is -0.149. The average molecular weight is 306 g/mol. The van der Waals surface area contributed by atoms with E-state index in [0.29, 0.717) is 13.1 Å². The van der Waals surface area contributed by atoms with Crippen molar-refractivity contribution in [2.45, 2.75) is 65.3 Å². The van der Waals surface area contributed by atoms with Gasteiger partial charge < -0.3 is 10.2 Å². The van der Waals surface area contributed by atoms with E-state index < -0.39 is 6.04 Å². The van der Waals surface area contributed by atoms with Crippen molar-refractivity contribution in [3.63, 3.8) is 0 Å². The Bertz CT molecular complexity index is 421. The maximum Gasteiger partial charge on any atom is 0.244 e. The van der Waals surface area contributed by atoms with Crippen LogP contribution in [0.2, 0.25) is 0 Å². The maximum atomic E-state index is 12.9. The topological polar surface area (TPSA) is 49.4 Å². The van der Waals surface area contributed by atoms with Crippen molar-refractivity contribution in [2.24, 2.45) is 23.2 Å². The van der Waals surface area contributed by atoms with Crippen molar-refractivity contribution in [3.05, 3.63) is 0 Å². The number of hydrogen-bond donors (Lipinski definition) is 1. The molecule has 4 nitrogen and oxygen atoms in total. The summed E-state index contributed by atoms with van der Waals surface area (Å²) in [6.45, 7) is 7.20. The van der Waals surface area contributed by atoms with Gasteiger partial charge in [-0.1, -0.05) is 0 Å². The molecule has 0 aromatic heterocycles. The van der Waals surface area contributed by atoms with Gasteiger partial charge in [-0.2, -0.15) is 0 Å². The summed E-state index contributed by atoms with van der Waals surface area (Å²) in [4.78, 5) is 27.1. The third-order valence-electron chi connectivity index (χ3n) is 6.31. The van der Waals surface area contributed by atoms with Gasteiger partial charge in [0.25, 0.3) is 0 Å². The number of nitrogens with zero attached hydrogens (tertiary/aromatic N) is 1. The Kier molecular flexibility index (Phi) is 4.21. The van der Waals surface area contributed by atoms with Gasteiger partial charge in [0.15, 0.2) is 0 Å². The monoisotopic (exact) mass is 306 g/mol. The van der Waals surface area contributed by atoms with E-state index in [1.807, 2.05) is 20.8 Å². The third kappa shape index (κ3) is 2.65. The highest BCUT2D eigenvalue weighted by molar-refractivity contribution is 5.90. The van der Waals surface area contributed by atoms with Crippen LogP contribution in [-0.2, 0) is 9.59 Å². The highest BCUT2D eigenvalue weighted by atomic mass is 16.2. The second-order valence-electron chi connectivity index (χ2n) is 7.90. The molecule has 1 unspecified atom stereocenters. The first kappa shape index (κ1) is 15.8. The van der Waals surface area contributed by atoms with E-state index >= 15 is 0 Å². The summed E-state index contributed by atoms with van der Waals surface area (Å²) in [5.41, 5.74) is -0.160. The zero-order chi connectivity index (χ0) is 15.9. The Balaban J connectivity index is 1.66. The molecule has 124 valence electrons. The molecule has 0 heterocycles. The molecule has 0 aliphatic heterocycles. The summed E-state index contributed by atoms with van der Waals surface area (Å²) in [5, 5.41) is 3.06. The van der Waals surface area contributed by atoms with Crippen molar-refractivity contribution >= 4 is 11.8 Å². The van der Waals surface area contributed by atoms with E-state index in [-0.39, 0.29) is 17.2 Å². The van der Waals surface area contributed by atoms with Gasteiger partial charge in [-0.25, -0.2) is 0 Å². The van der Waals surface area contributed by atoms with Gasteiger partial charge in [-0.15, -0.1) is 0 Å². The van der Waals surface area contributed by atoms with Crippen LogP contribution in [0.15, 0.2) is 0 Å². The molecule has 4 saturated carbocycles. The Hall–Kier alpha value is -1.06. The highest BCUT2D eigenvalue weighted by Crippen LogP contribution is 2.60. The summed E-state index contributed by atoms with van der Waals surface area (Å²) in [7, 11) is 0. The van der Waals surface area contributed by atoms with E-state index in [2.05, 4.69) is 5.32 Å². The van der Waals surface area contributed by atoms with Crippen LogP contribution >= 0.6 is 0 Å². The van der Waals surface area contributed by atoms with Crippen LogP contribution in [0.1, 0.15) is 59.3 Å². The molecule has 4 aliphatic rings. The van der Waals surface area contributed by atoms with Gasteiger partial charge in [0.1, 0.15) is 6.04 Å². The minimum Gasteiger partial charge on any atom is -0.344 e. The first-order chi connectivity index (χ1) is 10.5. The van der Waals surface area contributed by atoms with Crippen LogP contribution in [0.5, 0.6) is 0 Å². The van der Waals surface area contributed by atoms with Crippen molar-refractivity contribution in [3.8, 4) is 0 Å². The molecule has 0 aromatic carbocycles. The summed E-state index contributed by atoms with van der Waals surface area (Å²) in [5.74, 6) is 2.46. The standard InChI is InChI=1S/C18H30N2O2/c1-4-20(5-2)16(21)12(3)19-17(22)18-9-13-6-14(10-18)8-15(7-13)11-18/h12-15H,4-11H2,1-3H3,(H,19,22). The quantitative estimate of drug-likeness (QED) is 0.848. The van der Waals surface area contributed by atoms with Crippen molar-refractivity contribution in [2.75, 3.05) is 13.1 Å². The summed E-state index contributed by atoms with van der Waals surface area (Å²) in [6.07, 6.45) is 7.16. The second kappa shape index (κ2) is 5.86. The Morgan fingerprint density at radius 2 is 1.50 bits per heavy atom. The Morgan fingerprint density at radius 1 is 1.05 bits per heavy atom. The van der Waals surface area contributed by atoms with Gasteiger partial charge in [0.2, 0.25) is 11.8 Å². The normalized spacial score (nSPS) is 37.0. The first-order valence-corrected chi connectivity index (χ1v) is 9.07. The molecule has 2 amide bonds. The molecule has 1 atom stereocenters. The van der Waals surface area contributed by atoms with E-state index in [0.717, 1.165) is 37.0 Å². The van der Waals surface area contributed by atoms with Gasteiger partial charge in [-0.3, -0.25) is 9.59 Å². The SMILES string of the molecule is CCN(CC)C(=O)C(C)NC(=O)C12CC3CC(CC(C3)C1)C2. The lowest BCUT2D eigenvalue weighted by atomic mass is 9.49. The van der Waals surface area contributed by atoms with Gasteiger partial charge in [0, 0.05) is 18.5 Å². The minimum absolute atomic E-state index is 0.0445. The average Bonchev–Trinajstić information content (AvgIpc) is 2.46. The number of carbonyl (C=O) groups is 2. The van der Waals surface area contributed by atoms with Gasteiger partial charge in [0.05, 0.1) is 0 Å². The molecular weight excluding hydrogens is 276 g/mol. The largest absolute Gasteiger partial charge is 0.344 e. The lowest BCUT2D eigenvalue weighted by Crippen LogP contribution is -2.57. The molecule has 0 spiro atoms. The number of amides is 2. The third-order valence-corrected chi connectivity index (χ3v) is 6.31. The van der Waals surface area contributed by atoms with E-state index in [4.69, 9.17) is 0 Å². The predicted octanol–water partition coefficient (Wildman–Crippen LogP) is 2.58. The zero-order valence-corrected chi connectivity index (χ0v) is 14.2. The molecule has 4 aliphatic carbocycles. The minimum atomic E-state index is -0.402. The molecule has 4 heteroatoms. The van der Waals surface area contributed by atoms with Crippen molar-refractivity contribution in [1.29, 1.82) is 0 Å². The molecule has 0 saturated heterocycles. The number of hydrogen-bond acceptors (Lipinski definition) is 2. The van der Waals surface area contributed by atoms with E-state index in [1.54, 1.807) is 4.90 Å². The summed E-state index contributed by atoms with van der Waals surface area (Å²) < 4.78 is 0. The van der Waals surface area contributed by atoms with Crippen molar-refractivity contribution in [1.82, 2.24) is 10.2 Å². The molecule has 0 aromatic rings. The number of nitrogens with one attached hydrogen (secondary N) is 1. The molecule has 22 heavy (non-hydrogen) atoms. The predicted molar refractivity (Wildman–Crippen MR) is 86.1 cm³/mol. The molecule has 4 rings (SSSR count). The van der Waals surface area contributed by atoms with Crippen molar-refractivity contribution < 1.29 is 9.59 Å². The molecule has 0 radical (unpaired) electrons. The first-order valence-electron chi connectivity index (χ1n) is 9.07. The number of likely N-dealkylation sites (N-methyl/N-ethyl adjacent to an activating group) is 1. The van der Waals surface area contributed by atoms with Crippen LogP contribution < -0.4 is 5.32 Å². The van der Waals surface area contributed by atoms with Crippen LogP contribution in [0.4, 0.5) is 0 Å². The zero-order valence-electron chi connectivity index (χ0n) is 14.2. The van der Waals surface area contributed by atoms with Crippen LogP contribution in [0.25, 0.3) is 0 Å². The molecular formula is C18H30N2O2.